The molecule has 1 aliphatic carbocycles. The van der Waals surface area contributed by atoms with Crippen LogP contribution in [-0.4, -0.2) is 32.2 Å². The van der Waals surface area contributed by atoms with Crippen LogP contribution in [0.2, 0.25) is 0 Å². The van der Waals surface area contributed by atoms with Crippen molar-refractivity contribution >= 4 is 18.3 Å². The van der Waals surface area contributed by atoms with Crippen LogP contribution in [0.1, 0.15) is 57.9 Å². The van der Waals surface area contributed by atoms with Gasteiger partial charge in [0.1, 0.15) is 0 Å². The summed E-state index contributed by atoms with van der Waals surface area (Å²) >= 11 is 0. The second kappa shape index (κ2) is 12.1. The molecule has 1 saturated carbocycles. The van der Waals surface area contributed by atoms with E-state index in [-0.39, 0.29) is 23.7 Å². The molecule has 0 radical (unpaired) electrons. The zero-order valence-corrected chi connectivity index (χ0v) is 17.5. The summed E-state index contributed by atoms with van der Waals surface area (Å²) in [6, 6.07) is 5.97. The third-order valence-corrected chi connectivity index (χ3v) is 5.23. The van der Waals surface area contributed by atoms with Crippen molar-refractivity contribution in [3.63, 3.8) is 0 Å². The zero-order chi connectivity index (χ0) is 18.8. The van der Waals surface area contributed by atoms with E-state index in [4.69, 9.17) is 15.2 Å². The first-order valence-corrected chi connectivity index (χ1v) is 9.98. The Hall–Kier alpha value is -1.46. The molecule has 0 bridgehead atoms. The summed E-state index contributed by atoms with van der Waals surface area (Å²) in [4.78, 5) is 12.4. The van der Waals surface area contributed by atoms with E-state index >= 15 is 0 Å². The first-order valence-electron chi connectivity index (χ1n) is 9.98. The minimum Gasteiger partial charge on any atom is -0.490 e. The van der Waals surface area contributed by atoms with Crippen molar-refractivity contribution in [3.05, 3.63) is 23.8 Å². The molecule has 0 atom stereocenters. The number of hydrogen-bond donors (Lipinski definition) is 2. The Kier molecular flexibility index (Phi) is 10.6. The average Bonchev–Trinajstić information content (AvgIpc) is 2.65. The van der Waals surface area contributed by atoms with Crippen LogP contribution >= 0.6 is 12.4 Å². The molecule has 3 N–H and O–H groups in total. The highest BCUT2D eigenvalue weighted by Gasteiger charge is 2.32. The van der Waals surface area contributed by atoms with E-state index in [0.717, 1.165) is 36.3 Å². The highest BCUT2D eigenvalue weighted by atomic mass is 35.5. The van der Waals surface area contributed by atoms with Crippen molar-refractivity contribution in [1.29, 1.82) is 0 Å². The molecule has 27 heavy (non-hydrogen) atoms. The maximum atomic E-state index is 12.4. The lowest BCUT2D eigenvalue weighted by Gasteiger charge is -2.35. The Bertz CT molecular complexity index is 575. The monoisotopic (exact) mass is 398 g/mol. The molecule has 5 nitrogen and oxygen atoms in total. The molecular weight excluding hydrogens is 364 g/mol. The molecule has 0 heterocycles. The Morgan fingerprint density at radius 1 is 1.11 bits per heavy atom. The molecule has 0 saturated heterocycles. The number of rotatable bonds is 10. The SMILES string of the molecule is CCOc1ccc(CCNC(=O)CC2(CN)CCCCC2)cc1OCC.Cl. The van der Waals surface area contributed by atoms with Crippen LogP contribution in [-0.2, 0) is 11.2 Å². The van der Waals surface area contributed by atoms with Crippen LogP contribution < -0.4 is 20.5 Å². The van der Waals surface area contributed by atoms with Gasteiger partial charge in [0.05, 0.1) is 13.2 Å². The van der Waals surface area contributed by atoms with Crippen molar-refractivity contribution in [2.75, 3.05) is 26.3 Å². The van der Waals surface area contributed by atoms with Crippen LogP contribution in [0.3, 0.4) is 0 Å². The van der Waals surface area contributed by atoms with Gasteiger partial charge >= 0.3 is 0 Å². The quantitative estimate of drug-likeness (QED) is 0.627. The van der Waals surface area contributed by atoms with Gasteiger partial charge in [-0.1, -0.05) is 25.3 Å². The number of nitrogens with one attached hydrogen (secondary N) is 1. The fraction of sp³-hybridized carbons (Fsp3) is 0.667. The normalized spacial score (nSPS) is 15.5. The Labute approximate surface area is 169 Å². The second-order valence-corrected chi connectivity index (χ2v) is 7.19. The number of amides is 1. The zero-order valence-electron chi connectivity index (χ0n) is 16.7. The van der Waals surface area contributed by atoms with E-state index in [1.807, 2.05) is 32.0 Å². The third kappa shape index (κ3) is 7.23. The van der Waals surface area contributed by atoms with Gasteiger partial charge in [-0.25, -0.2) is 0 Å². The minimum absolute atomic E-state index is 0. The van der Waals surface area contributed by atoms with Crippen molar-refractivity contribution in [3.8, 4) is 11.5 Å². The summed E-state index contributed by atoms with van der Waals surface area (Å²) in [6.45, 7) is 6.36. The topological polar surface area (TPSA) is 73.6 Å². The fourth-order valence-electron chi connectivity index (χ4n) is 3.76. The predicted octanol–water partition coefficient (Wildman–Crippen LogP) is 3.86. The Balaban J connectivity index is 0.00000364. The van der Waals surface area contributed by atoms with Crippen LogP contribution in [0.5, 0.6) is 11.5 Å². The highest BCUT2D eigenvalue weighted by Crippen LogP contribution is 2.38. The molecule has 0 spiro atoms. The molecule has 2 rings (SSSR count). The van der Waals surface area contributed by atoms with Gasteiger partial charge in [0.2, 0.25) is 5.91 Å². The smallest absolute Gasteiger partial charge is 0.220 e. The summed E-state index contributed by atoms with van der Waals surface area (Å²) in [6.07, 6.45) is 7.13. The van der Waals surface area contributed by atoms with E-state index in [9.17, 15) is 4.79 Å². The standard InChI is InChI=1S/C21H34N2O3.ClH/c1-3-25-18-9-8-17(14-19(18)26-4-2)10-13-23-20(24)15-21(16-22)11-6-5-7-12-21;/h8-9,14H,3-7,10-13,15-16,22H2,1-2H3,(H,23,24);1H. The molecule has 0 aromatic heterocycles. The summed E-state index contributed by atoms with van der Waals surface area (Å²) in [5, 5.41) is 3.06. The van der Waals surface area contributed by atoms with Crippen LogP contribution in [0.4, 0.5) is 0 Å². The van der Waals surface area contributed by atoms with Gasteiger partial charge < -0.3 is 20.5 Å². The molecular formula is C21H35ClN2O3. The number of benzene rings is 1. The molecule has 0 unspecified atom stereocenters. The molecule has 1 aromatic rings. The van der Waals surface area contributed by atoms with Gasteiger partial charge in [0.15, 0.2) is 11.5 Å². The van der Waals surface area contributed by atoms with Crippen molar-refractivity contribution < 1.29 is 14.3 Å². The van der Waals surface area contributed by atoms with Gasteiger partial charge in [-0.2, -0.15) is 0 Å². The molecule has 1 amide bonds. The fourth-order valence-corrected chi connectivity index (χ4v) is 3.76. The number of nitrogens with two attached hydrogens (primary N) is 1. The van der Waals surface area contributed by atoms with E-state index in [1.54, 1.807) is 0 Å². The second-order valence-electron chi connectivity index (χ2n) is 7.19. The number of carbonyl (C=O) groups is 1. The summed E-state index contributed by atoms with van der Waals surface area (Å²) in [7, 11) is 0. The minimum atomic E-state index is 0. The summed E-state index contributed by atoms with van der Waals surface area (Å²) in [5.74, 6) is 1.65. The van der Waals surface area contributed by atoms with E-state index in [1.165, 1.54) is 19.3 Å². The third-order valence-electron chi connectivity index (χ3n) is 5.23. The first-order chi connectivity index (χ1) is 12.6. The Morgan fingerprint density at radius 3 is 2.41 bits per heavy atom. The van der Waals surface area contributed by atoms with E-state index in [0.29, 0.717) is 32.7 Å². The van der Waals surface area contributed by atoms with Gasteiger partial charge in [-0.3, -0.25) is 4.79 Å². The Morgan fingerprint density at radius 2 is 1.78 bits per heavy atom. The lowest BCUT2D eigenvalue weighted by Crippen LogP contribution is -2.39. The van der Waals surface area contributed by atoms with Crippen LogP contribution in [0.15, 0.2) is 18.2 Å². The van der Waals surface area contributed by atoms with Gasteiger partial charge in [0, 0.05) is 13.0 Å². The number of carbonyl (C=O) groups excluding carboxylic acids is 1. The highest BCUT2D eigenvalue weighted by molar-refractivity contribution is 5.85. The van der Waals surface area contributed by atoms with E-state index in [2.05, 4.69) is 5.32 Å². The van der Waals surface area contributed by atoms with Gasteiger partial charge in [-0.15, -0.1) is 12.4 Å². The first kappa shape index (κ1) is 23.6. The molecule has 0 aliphatic heterocycles. The predicted molar refractivity (Wildman–Crippen MR) is 112 cm³/mol. The van der Waals surface area contributed by atoms with Crippen molar-refractivity contribution in [2.45, 2.75) is 58.8 Å². The maximum absolute atomic E-state index is 12.4. The lowest BCUT2D eigenvalue weighted by molar-refractivity contribution is -0.123. The number of hydrogen-bond acceptors (Lipinski definition) is 4. The molecule has 1 aliphatic rings. The van der Waals surface area contributed by atoms with Gasteiger partial charge in [-0.05, 0) is 62.8 Å². The van der Waals surface area contributed by atoms with E-state index < -0.39 is 0 Å². The van der Waals surface area contributed by atoms with Gasteiger partial charge in [0.25, 0.3) is 0 Å². The van der Waals surface area contributed by atoms with Crippen LogP contribution in [0.25, 0.3) is 0 Å². The summed E-state index contributed by atoms with van der Waals surface area (Å²) in [5.41, 5.74) is 7.13. The molecule has 6 heteroatoms. The molecule has 154 valence electrons. The molecule has 1 aromatic carbocycles. The molecule has 1 fully saturated rings. The van der Waals surface area contributed by atoms with Crippen molar-refractivity contribution in [2.24, 2.45) is 11.1 Å². The van der Waals surface area contributed by atoms with Crippen LogP contribution in [0, 0.1) is 5.41 Å². The number of ether oxygens (including phenoxy) is 2. The maximum Gasteiger partial charge on any atom is 0.220 e. The largest absolute Gasteiger partial charge is 0.490 e. The number of halogens is 1. The lowest BCUT2D eigenvalue weighted by atomic mass is 9.71. The summed E-state index contributed by atoms with van der Waals surface area (Å²) < 4.78 is 11.2. The van der Waals surface area contributed by atoms with Crippen molar-refractivity contribution in [1.82, 2.24) is 5.32 Å². The average molecular weight is 399 g/mol.